The number of aliphatic hydroxyl groups excluding tert-OH is 2. The van der Waals surface area contributed by atoms with Crippen LogP contribution < -0.4 is 0 Å². The van der Waals surface area contributed by atoms with Crippen LogP contribution in [-0.4, -0.2) is 70.7 Å². The Morgan fingerprint density at radius 2 is 0.650 bits per heavy atom. The van der Waals surface area contributed by atoms with E-state index in [2.05, 4.69) is 0 Å². The van der Waals surface area contributed by atoms with Crippen LogP contribution >= 0.6 is 0 Å². The molecule has 0 aromatic rings. The summed E-state index contributed by atoms with van der Waals surface area (Å²) in [6.07, 6.45) is -0.178. The second kappa shape index (κ2) is 20.6. The molecule has 1 fully saturated rings. The first-order chi connectivity index (χ1) is 19.2. The van der Waals surface area contributed by atoms with Gasteiger partial charge in [0.25, 0.3) is 0 Å². The molecule has 10 nitrogen and oxygen atoms in total. The Balaban J connectivity index is 3.31. The van der Waals surface area contributed by atoms with Crippen LogP contribution in [0.4, 0.5) is 0 Å². The molecule has 0 aromatic heterocycles. The lowest BCUT2D eigenvalue weighted by molar-refractivity contribution is -0.253. The van der Waals surface area contributed by atoms with E-state index in [0.29, 0.717) is 25.7 Å². The highest BCUT2D eigenvalue weighted by Crippen LogP contribution is 2.32. The molecule has 0 aliphatic heterocycles. The number of ether oxygens (including phenoxy) is 4. The van der Waals surface area contributed by atoms with Gasteiger partial charge in [0.05, 0.1) is 0 Å². The van der Waals surface area contributed by atoms with Gasteiger partial charge >= 0.3 is 23.9 Å². The summed E-state index contributed by atoms with van der Waals surface area (Å²) in [5.74, 6) is -2.54. The van der Waals surface area contributed by atoms with E-state index < -0.39 is 60.5 Å². The first kappa shape index (κ1) is 35.8. The smallest absolute Gasteiger partial charge is 0.306 e. The van der Waals surface area contributed by atoms with Crippen LogP contribution in [0, 0.1) is 0 Å². The van der Waals surface area contributed by atoms with Gasteiger partial charge in [-0.25, -0.2) is 0 Å². The van der Waals surface area contributed by atoms with E-state index in [4.69, 9.17) is 18.9 Å². The Morgan fingerprint density at radius 3 is 0.875 bits per heavy atom. The van der Waals surface area contributed by atoms with Gasteiger partial charge in [0.2, 0.25) is 0 Å². The Morgan fingerprint density at radius 1 is 0.425 bits per heavy atom. The molecule has 2 N–H and O–H groups in total. The molecular weight excluding hydrogens is 520 g/mol. The highest BCUT2D eigenvalue weighted by molar-refractivity contribution is 5.72. The lowest BCUT2D eigenvalue weighted by Crippen LogP contribution is -2.67. The van der Waals surface area contributed by atoms with Crippen LogP contribution in [0.25, 0.3) is 0 Å². The Labute approximate surface area is 239 Å². The molecule has 0 saturated heterocycles. The Kier molecular flexibility index (Phi) is 18.5. The molecule has 232 valence electrons. The van der Waals surface area contributed by atoms with Crippen molar-refractivity contribution >= 4 is 23.9 Å². The molecule has 0 bridgehead atoms. The summed E-state index contributed by atoms with van der Waals surface area (Å²) in [6.45, 7) is 7.96. The zero-order chi connectivity index (χ0) is 29.9. The average Bonchev–Trinajstić information content (AvgIpc) is 2.91. The molecule has 40 heavy (non-hydrogen) atoms. The molecule has 6 atom stereocenters. The number of hydrogen-bond acceptors (Lipinski definition) is 10. The predicted molar refractivity (Wildman–Crippen MR) is 148 cm³/mol. The van der Waals surface area contributed by atoms with E-state index in [-0.39, 0.29) is 25.7 Å². The minimum absolute atomic E-state index is 0.0682. The Bertz CT molecular complexity index is 693. The SMILES string of the molecule is CCCCCC(=O)O[C@@H]1[C@@H](OC(=O)CCCCC)[C@H](OC(=O)CCCCC)[C@@H](O)[C@@H](O)[C@H]1OC(=O)CCCCC. The first-order valence-corrected chi connectivity index (χ1v) is 15.3. The standard InChI is InChI=1S/C30H52O10/c1-5-9-13-17-21(31)37-27-25(35)26(36)28(38-22(32)18-14-10-6-2)30(40-24(34)20-16-12-8-4)29(27)39-23(33)19-15-11-7-3/h25-30,35-36H,5-20H2,1-4H3/t25-,26+,27-,28-,29+,30+/m1/s1. The summed E-state index contributed by atoms with van der Waals surface area (Å²) in [7, 11) is 0. The van der Waals surface area contributed by atoms with Crippen molar-refractivity contribution < 1.29 is 48.3 Å². The third kappa shape index (κ3) is 13.0. The highest BCUT2D eigenvalue weighted by atomic mass is 16.6. The van der Waals surface area contributed by atoms with E-state index in [9.17, 15) is 29.4 Å². The second-order valence-electron chi connectivity index (χ2n) is 10.6. The lowest BCUT2D eigenvalue weighted by Gasteiger charge is -2.45. The van der Waals surface area contributed by atoms with Crippen molar-refractivity contribution in [3.63, 3.8) is 0 Å². The monoisotopic (exact) mass is 572 g/mol. The van der Waals surface area contributed by atoms with Gasteiger partial charge in [-0.3, -0.25) is 19.2 Å². The van der Waals surface area contributed by atoms with E-state index >= 15 is 0 Å². The maximum absolute atomic E-state index is 12.8. The molecule has 1 aliphatic rings. The van der Waals surface area contributed by atoms with E-state index in [1.54, 1.807) is 0 Å². The van der Waals surface area contributed by atoms with Crippen molar-refractivity contribution in [2.45, 2.75) is 167 Å². The molecule has 0 spiro atoms. The summed E-state index contributed by atoms with van der Waals surface area (Å²) in [5.41, 5.74) is 0. The zero-order valence-corrected chi connectivity index (χ0v) is 24.9. The van der Waals surface area contributed by atoms with Crippen LogP contribution in [0.1, 0.15) is 130 Å². The quantitative estimate of drug-likeness (QED) is 0.120. The molecule has 0 amide bonds. The number of esters is 4. The number of hydrogen-bond donors (Lipinski definition) is 2. The molecule has 0 unspecified atom stereocenters. The van der Waals surface area contributed by atoms with Gasteiger partial charge in [-0.1, -0.05) is 79.1 Å². The van der Waals surface area contributed by atoms with Crippen LogP contribution in [0.2, 0.25) is 0 Å². The van der Waals surface area contributed by atoms with Gasteiger partial charge in [-0.2, -0.15) is 0 Å². The van der Waals surface area contributed by atoms with Crippen molar-refractivity contribution in [1.29, 1.82) is 0 Å². The van der Waals surface area contributed by atoms with Crippen LogP contribution in [0.3, 0.4) is 0 Å². The predicted octanol–water partition coefficient (Wildman–Crippen LogP) is 4.69. The minimum Gasteiger partial charge on any atom is -0.455 e. The van der Waals surface area contributed by atoms with Gasteiger partial charge in [0, 0.05) is 25.7 Å². The molecule has 10 heteroatoms. The summed E-state index contributed by atoms with van der Waals surface area (Å²) in [5, 5.41) is 22.1. The van der Waals surface area contributed by atoms with Crippen molar-refractivity contribution in [3.05, 3.63) is 0 Å². The van der Waals surface area contributed by atoms with Gasteiger partial charge in [-0.05, 0) is 25.7 Å². The molecule has 0 heterocycles. The highest BCUT2D eigenvalue weighted by Gasteiger charge is 2.57. The topological polar surface area (TPSA) is 146 Å². The molecule has 1 aliphatic carbocycles. The molecule has 0 aromatic carbocycles. The average molecular weight is 573 g/mol. The summed E-state index contributed by atoms with van der Waals surface area (Å²) < 4.78 is 22.5. The normalized spacial score (nSPS) is 24.2. The number of carbonyl (C=O) groups excluding carboxylic acids is 4. The maximum atomic E-state index is 12.8. The maximum Gasteiger partial charge on any atom is 0.306 e. The fourth-order valence-corrected chi connectivity index (χ4v) is 4.61. The minimum atomic E-state index is -1.74. The summed E-state index contributed by atoms with van der Waals surface area (Å²) >= 11 is 0. The van der Waals surface area contributed by atoms with E-state index in [0.717, 1.165) is 51.4 Å². The molecular formula is C30H52O10. The van der Waals surface area contributed by atoms with E-state index in [1.165, 1.54) is 0 Å². The van der Waals surface area contributed by atoms with E-state index in [1.807, 2.05) is 27.7 Å². The second-order valence-corrected chi connectivity index (χ2v) is 10.6. The fraction of sp³-hybridized carbons (Fsp3) is 0.867. The summed E-state index contributed by atoms with van der Waals surface area (Å²) in [4.78, 5) is 50.9. The van der Waals surface area contributed by atoms with Gasteiger partial charge in [0.15, 0.2) is 24.4 Å². The van der Waals surface area contributed by atoms with Gasteiger partial charge in [-0.15, -0.1) is 0 Å². The van der Waals surface area contributed by atoms with Gasteiger partial charge < -0.3 is 29.2 Å². The third-order valence-corrected chi connectivity index (χ3v) is 7.00. The molecule has 0 radical (unpaired) electrons. The van der Waals surface area contributed by atoms with Gasteiger partial charge in [0.1, 0.15) is 12.2 Å². The molecule has 1 rings (SSSR count). The van der Waals surface area contributed by atoms with Crippen LogP contribution in [0.15, 0.2) is 0 Å². The zero-order valence-electron chi connectivity index (χ0n) is 24.9. The van der Waals surface area contributed by atoms with Crippen molar-refractivity contribution in [1.82, 2.24) is 0 Å². The number of rotatable bonds is 20. The number of carbonyl (C=O) groups is 4. The largest absolute Gasteiger partial charge is 0.455 e. The lowest BCUT2D eigenvalue weighted by atomic mass is 9.84. The Hall–Kier alpha value is -2.20. The van der Waals surface area contributed by atoms with Crippen LogP contribution in [0.5, 0.6) is 0 Å². The number of unbranched alkanes of at least 4 members (excludes halogenated alkanes) is 8. The van der Waals surface area contributed by atoms with Crippen molar-refractivity contribution in [3.8, 4) is 0 Å². The van der Waals surface area contributed by atoms with Crippen molar-refractivity contribution in [2.24, 2.45) is 0 Å². The van der Waals surface area contributed by atoms with Crippen LogP contribution in [-0.2, 0) is 38.1 Å². The first-order valence-electron chi connectivity index (χ1n) is 15.3. The summed E-state index contributed by atoms with van der Waals surface area (Å²) in [6, 6.07) is 0. The third-order valence-electron chi connectivity index (χ3n) is 7.00. The van der Waals surface area contributed by atoms with Crippen molar-refractivity contribution in [2.75, 3.05) is 0 Å². The molecule has 1 saturated carbocycles. The fourth-order valence-electron chi connectivity index (χ4n) is 4.61. The number of aliphatic hydroxyl groups is 2.